The molecule has 0 saturated heterocycles. The maximum Gasteiger partial charge on any atom is 0.411 e. The topological polar surface area (TPSA) is 92.6 Å². The Kier molecular flexibility index (Phi) is 6.93. The summed E-state index contributed by atoms with van der Waals surface area (Å²) < 4.78 is 21.5. The van der Waals surface area contributed by atoms with Crippen LogP contribution < -0.4 is 10.6 Å². The molecule has 174 valence electrons. The Bertz CT molecular complexity index is 1140. The van der Waals surface area contributed by atoms with E-state index < -0.39 is 18.0 Å². The van der Waals surface area contributed by atoms with E-state index in [2.05, 4.69) is 10.6 Å². The Hall–Kier alpha value is -3.39. The molecule has 3 aromatic rings. The number of benzene rings is 2. The molecule has 8 heteroatoms. The average Bonchev–Trinajstić information content (AvgIpc) is 3.17. The van der Waals surface area contributed by atoms with Crippen LogP contribution in [0.25, 0.3) is 10.9 Å². The molecule has 0 aliphatic heterocycles. The highest BCUT2D eigenvalue weighted by Gasteiger charge is 2.27. The fourth-order valence-corrected chi connectivity index (χ4v) is 4.31. The number of halogens is 1. The van der Waals surface area contributed by atoms with E-state index in [1.807, 2.05) is 16.7 Å². The van der Waals surface area contributed by atoms with Crippen molar-refractivity contribution in [2.24, 2.45) is 0 Å². The fraction of sp³-hybridized carbons (Fsp3) is 0.360. The number of fused-ring (bicyclic) bond motifs is 1. The maximum atomic E-state index is 14.8. The average molecular weight is 454 g/mol. The maximum absolute atomic E-state index is 14.8. The summed E-state index contributed by atoms with van der Waals surface area (Å²) in [7, 11) is 0. The van der Waals surface area contributed by atoms with Crippen LogP contribution in [0.1, 0.15) is 48.5 Å². The first-order valence-electron chi connectivity index (χ1n) is 11.2. The van der Waals surface area contributed by atoms with E-state index in [4.69, 9.17) is 4.74 Å². The Balaban J connectivity index is 1.57. The number of rotatable bonds is 6. The number of carbonyl (C=O) groups excluding carboxylic acids is 2. The zero-order valence-electron chi connectivity index (χ0n) is 18.5. The number of aliphatic hydroxyl groups is 1. The summed E-state index contributed by atoms with van der Waals surface area (Å²) in [5.74, 6) is -0.849. The van der Waals surface area contributed by atoms with Crippen molar-refractivity contribution < 1.29 is 23.8 Å². The van der Waals surface area contributed by atoms with Crippen LogP contribution >= 0.6 is 0 Å². The molecule has 1 fully saturated rings. The van der Waals surface area contributed by atoms with Crippen molar-refractivity contribution in [3.63, 3.8) is 0 Å². The number of amides is 2. The number of anilines is 1. The summed E-state index contributed by atoms with van der Waals surface area (Å²) in [4.78, 5) is 24.6. The third-order valence-electron chi connectivity index (χ3n) is 5.97. The monoisotopic (exact) mass is 453 g/mol. The number of carbonyl (C=O) groups is 2. The lowest BCUT2D eigenvalue weighted by Crippen LogP contribution is -2.45. The van der Waals surface area contributed by atoms with E-state index in [-0.39, 0.29) is 29.5 Å². The van der Waals surface area contributed by atoms with Crippen LogP contribution in [0.4, 0.5) is 14.9 Å². The predicted molar refractivity (Wildman–Crippen MR) is 124 cm³/mol. The predicted octanol–water partition coefficient (Wildman–Crippen LogP) is 4.43. The zero-order chi connectivity index (χ0) is 23.4. The Labute approximate surface area is 191 Å². The fourth-order valence-electron chi connectivity index (χ4n) is 4.31. The molecule has 1 aliphatic rings. The highest BCUT2D eigenvalue weighted by atomic mass is 19.1. The molecule has 7 nitrogen and oxygen atoms in total. The summed E-state index contributed by atoms with van der Waals surface area (Å²) in [6.45, 7) is 2.44. The number of ether oxygens (including phenoxy) is 1. The van der Waals surface area contributed by atoms with Gasteiger partial charge in [0.2, 0.25) is 0 Å². The number of hydrogen-bond acceptors (Lipinski definition) is 4. The molecule has 0 unspecified atom stereocenters. The van der Waals surface area contributed by atoms with Gasteiger partial charge in [-0.2, -0.15) is 0 Å². The number of aliphatic hydroxyl groups excluding tert-OH is 1. The molecule has 1 aromatic heterocycles. The first kappa shape index (κ1) is 22.8. The summed E-state index contributed by atoms with van der Waals surface area (Å²) in [5.41, 5.74) is 2.38. The van der Waals surface area contributed by atoms with E-state index in [0.717, 1.165) is 18.4 Å². The third kappa shape index (κ3) is 5.17. The molecule has 2 atom stereocenters. The van der Waals surface area contributed by atoms with Crippen LogP contribution in [0.3, 0.4) is 0 Å². The van der Waals surface area contributed by atoms with Crippen molar-refractivity contribution in [2.75, 3.05) is 11.9 Å². The second-order valence-electron chi connectivity index (χ2n) is 8.28. The minimum atomic E-state index is -0.581. The van der Waals surface area contributed by atoms with Gasteiger partial charge in [-0.1, -0.05) is 31.0 Å². The minimum Gasteiger partial charge on any atom is -0.450 e. The van der Waals surface area contributed by atoms with Gasteiger partial charge in [0.05, 0.1) is 29.8 Å². The molecular weight excluding hydrogens is 425 g/mol. The van der Waals surface area contributed by atoms with E-state index in [0.29, 0.717) is 30.6 Å². The number of aromatic nitrogens is 1. The van der Waals surface area contributed by atoms with Gasteiger partial charge in [0, 0.05) is 23.8 Å². The zero-order valence-corrected chi connectivity index (χ0v) is 18.5. The van der Waals surface area contributed by atoms with Crippen molar-refractivity contribution in [1.29, 1.82) is 0 Å². The second kappa shape index (κ2) is 10.0. The minimum absolute atomic E-state index is 0.251. The van der Waals surface area contributed by atoms with Crippen LogP contribution in [0, 0.1) is 5.82 Å². The lowest BCUT2D eigenvalue weighted by atomic mass is 9.92. The molecule has 3 N–H and O–H groups in total. The standard InChI is InChI=1S/C25H28FN3O4/c1-2-33-25(32)27-17-12-10-16(11-13-17)14-29-15-18(23-19(26)6-5-8-21(23)29)24(31)28-20-7-3-4-9-22(20)30/h5-6,8,10-13,15,20,22,30H,2-4,7,9,14H2,1H3,(H,27,32)(H,28,31)/t20-,22-/m0/s1. The summed E-state index contributed by atoms with van der Waals surface area (Å²) >= 11 is 0. The van der Waals surface area contributed by atoms with Crippen LogP contribution in [0.15, 0.2) is 48.7 Å². The molecular formula is C25H28FN3O4. The third-order valence-corrected chi connectivity index (χ3v) is 5.97. The molecule has 1 heterocycles. The van der Waals surface area contributed by atoms with Crippen LogP contribution in [-0.2, 0) is 11.3 Å². The van der Waals surface area contributed by atoms with Gasteiger partial charge in [-0.05, 0) is 49.6 Å². The molecule has 0 radical (unpaired) electrons. The van der Waals surface area contributed by atoms with E-state index in [1.54, 1.807) is 37.4 Å². The lowest BCUT2D eigenvalue weighted by Gasteiger charge is -2.28. The molecule has 1 saturated carbocycles. The molecule has 0 spiro atoms. The number of nitrogens with one attached hydrogen (secondary N) is 2. The van der Waals surface area contributed by atoms with E-state index in [1.165, 1.54) is 6.07 Å². The van der Waals surface area contributed by atoms with Crippen LogP contribution in [-0.4, -0.2) is 40.4 Å². The van der Waals surface area contributed by atoms with Gasteiger partial charge in [0.1, 0.15) is 5.82 Å². The molecule has 4 rings (SSSR count). The Morgan fingerprint density at radius 2 is 1.91 bits per heavy atom. The normalized spacial score (nSPS) is 18.2. The van der Waals surface area contributed by atoms with E-state index >= 15 is 0 Å². The van der Waals surface area contributed by atoms with Gasteiger partial charge in [-0.25, -0.2) is 9.18 Å². The Morgan fingerprint density at radius 3 is 2.64 bits per heavy atom. The Morgan fingerprint density at radius 1 is 1.15 bits per heavy atom. The largest absolute Gasteiger partial charge is 0.450 e. The molecule has 2 aromatic carbocycles. The SMILES string of the molecule is CCOC(=O)Nc1ccc(Cn2cc(C(=O)N[C@H]3CCCC[C@@H]3O)c3c(F)cccc32)cc1. The van der Waals surface area contributed by atoms with Crippen molar-refractivity contribution in [1.82, 2.24) is 9.88 Å². The van der Waals surface area contributed by atoms with Crippen molar-refractivity contribution in [3.05, 3.63) is 65.6 Å². The van der Waals surface area contributed by atoms with Crippen molar-refractivity contribution in [3.8, 4) is 0 Å². The molecule has 1 aliphatic carbocycles. The first-order valence-corrected chi connectivity index (χ1v) is 11.2. The van der Waals surface area contributed by atoms with Gasteiger partial charge in [-0.15, -0.1) is 0 Å². The first-order chi connectivity index (χ1) is 16.0. The van der Waals surface area contributed by atoms with Gasteiger partial charge in [0.15, 0.2) is 0 Å². The van der Waals surface area contributed by atoms with Gasteiger partial charge >= 0.3 is 6.09 Å². The van der Waals surface area contributed by atoms with Gasteiger partial charge in [-0.3, -0.25) is 10.1 Å². The quantitative estimate of drug-likeness (QED) is 0.515. The summed E-state index contributed by atoms with van der Waals surface area (Å²) in [5, 5.41) is 16.0. The van der Waals surface area contributed by atoms with Crippen LogP contribution in [0.2, 0.25) is 0 Å². The molecule has 33 heavy (non-hydrogen) atoms. The van der Waals surface area contributed by atoms with Gasteiger partial charge < -0.3 is 19.7 Å². The highest BCUT2D eigenvalue weighted by Crippen LogP contribution is 2.27. The van der Waals surface area contributed by atoms with Crippen molar-refractivity contribution >= 4 is 28.6 Å². The second-order valence-corrected chi connectivity index (χ2v) is 8.28. The number of hydrogen-bond donors (Lipinski definition) is 3. The van der Waals surface area contributed by atoms with Crippen LogP contribution in [0.5, 0.6) is 0 Å². The number of nitrogens with zero attached hydrogens (tertiary/aromatic N) is 1. The van der Waals surface area contributed by atoms with Gasteiger partial charge in [0.25, 0.3) is 5.91 Å². The van der Waals surface area contributed by atoms with E-state index in [9.17, 15) is 19.1 Å². The summed E-state index contributed by atoms with van der Waals surface area (Å²) in [6.07, 6.45) is 3.80. The van der Waals surface area contributed by atoms with Crippen molar-refractivity contribution in [2.45, 2.75) is 51.3 Å². The highest BCUT2D eigenvalue weighted by molar-refractivity contribution is 6.07. The molecule has 2 amide bonds. The lowest BCUT2D eigenvalue weighted by molar-refractivity contribution is 0.0718. The molecule has 0 bridgehead atoms. The summed E-state index contributed by atoms with van der Waals surface area (Å²) in [6, 6.07) is 11.6. The smallest absolute Gasteiger partial charge is 0.411 e.